The molecule has 3 rings (SSSR count). The zero-order valence-corrected chi connectivity index (χ0v) is 17.2. The van der Waals surface area contributed by atoms with Gasteiger partial charge in [0.25, 0.3) is 0 Å². The molecule has 1 heterocycles. The van der Waals surface area contributed by atoms with Crippen LogP contribution in [-0.2, 0) is 22.7 Å². The smallest absolute Gasteiger partial charge is 0.247 e. The van der Waals surface area contributed by atoms with Crippen molar-refractivity contribution in [2.24, 2.45) is 0 Å². The third-order valence-electron chi connectivity index (χ3n) is 4.87. The Balaban J connectivity index is 1.90. The Morgan fingerprint density at radius 1 is 0.900 bits per heavy atom. The number of amides is 2. The van der Waals surface area contributed by atoms with E-state index in [1.54, 1.807) is 17.3 Å². The quantitative estimate of drug-likeness (QED) is 0.582. The van der Waals surface area contributed by atoms with Crippen molar-refractivity contribution < 1.29 is 9.59 Å². The maximum atomic E-state index is 13.3. The molecule has 154 valence electrons. The van der Waals surface area contributed by atoms with Crippen LogP contribution in [0.2, 0.25) is 0 Å². The first-order valence-corrected chi connectivity index (χ1v) is 10.2. The molecule has 0 fully saturated rings. The molecule has 2 amide bonds. The topological polar surface area (TPSA) is 62.3 Å². The van der Waals surface area contributed by atoms with Gasteiger partial charge < -0.3 is 10.2 Å². The fourth-order valence-electron chi connectivity index (χ4n) is 3.36. The first kappa shape index (κ1) is 21.2. The number of carbonyl (C=O) groups excluding carboxylic acids is 2. The van der Waals surface area contributed by atoms with Crippen molar-refractivity contribution in [2.45, 2.75) is 38.9 Å². The summed E-state index contributed by atoms with van der Waals surface area (Å²) >= 11 is 0. The summed E-state index contributed by atoms with van der Waals surface area (Å²) in [5.41, 5.74) is 2.74. The number of benzene rings is 2. The van der Waals surface area contributed by atoms with Crippen molar-refractivity contribution in [3.05, 3.63) is 102 Å². The van der Waals surface area contributed by atoms with Gasteiger partial charge in [-0.25, -0.2) is 0 Å². The third kappa shape index (κ3) is 5.77. The van der Waals surface area contributed by atoms with E-state index < -0.39 is 6.04 Å². The molecule has 2 aromatic carbocycles. The maximum Gasteiger partial charge on any atom is 0.247 e. The molecule has 1 atom stereocenters. The molecular formula is C25H27N3O2. The lowest BCUT2D eigenvalue weighted by Crippen LogP contribution is -2.43. The van der Waals surface area contributed by atoms with Gasteiger partial charge >= 0.3 is 0 Å². The largest absolute Gasteiger partial charge is 0.350 e. The van der Waals surface area contributed by atoms with Crippen LogP contribution in [0.3, 0.4) is 0 Å². The molecule has 5 nitrogen and oxygen atoms in total. The Morgan fingerprint density at radius 3 is 2.17 bits per heavy atom. The number of pyridine rings is 1. The lowest BCUT2D eigenvalue weighted by molar-refractivity contribution is -0.141. The lowest BCUT2D eigenvalue weighted by Gasteiger charge is -2.31. The molecule has 5 heteroatoms. The van der Waals surface area contributed by atoms with Crippen molar-refractivity contribution in [3.8, 4) is 0 Å². The van der Waals surface area contributed by atoms with Crippen LogP contribution in [0, 0.1) is 0 Å². The van der Waals surface area contributed by atoms with Crippen LogP contribution in [0.25, 0.3) is 0 Å². The highest BCUT2D eigenvalue weighted by atomic mass is 16.2. The molecule has 1 N–H and O–H groups in total. The summed E-state index contributed by atoms with van der Waals surface area (Å²) in [5.74, 6) is -0.229. The van der Waals surface area contributed by atoms with Gasteiger partial charge in [0.1, 0.15) is 6.04 Å². The zero-order chi connectivity index (χ0) is 21.2. The van der Waals surface area contributed by atoms with Crippen LogP contribution in [0.5, 0.6) is 0 Å². The molecular weight excluding hydrogens is 374 g/mol. The van der Waals surface area contributed by atoms with E-state index in [0.29, 0.717) is 19.5 Å². The minimum absolute atomic E-state index is 0.0331. The number of nitrogens with zero attached hydrogens (tertiary/aromatic N) is 2. The Labute approximate surface area is 177 Å². The van der Waals surface area contributed by atoms with Gasteiger partial charge in [-0.2, -0.15) is 0 Å². The van der Waals surface area contributed by atoms with Crippen LogP contribution >= 0.6 is 0 Å². The van der Waals surface area contributed by atoms with Crippen molar-refractivity contribution in [1.82, 2.24) is 15.2 Å². The van der Waals surface area contributed by atoms with E-state index in [4.69, 9.17) is 0 Å². The van der Waals surface area contributed by atoms with Crippen LogP contribution in [0.1, 0.15) is 42.5 Å². The fraction of sp³-hybridized carbons (Fsp3) is 0.240. The van der Waals surface area contributed by atoms with Crippen LogP contribution in [0.4, 0.5) is 0 Å². The third-order valence-corrected chi connectivity index (χ3v) is 4.87. The molecule has 0 radical (unpaired) electrons. The molecule has 0 aliphatic rings. The van der Waals surface area contributed by atoms with E-state index in [9.17, 15) is 9.59 Å². The Kier molecular flexibility index (Phi) is 7.72. The SMILES string of the molecule is CCCC(=O)N(Cc1ccccc1)[C@H](C(=O)NCc1ccncc1)c1ccccc1. The van der Waals surface area contributed by atoms with Gasteiger partial charge in [-0.1, -0.05) is 67.6 Å². The van der Waals surface area contributed by atoms with Gasteiger partial charge in [0.05, 0.1) is 0 Å². The molecule has 30 heavy (non-hydrogen) atoms. The van der Waals surface area contributed by atoms with Crippen molar-refractivity contribution >= 4 is 11.8 Å². The average Bonchev–Trinajstić information content (AvgIpc) is 2.79. The van der Waals surface area contributed by atoms with Gasteiger partial charge in [0, 0.05) is 31.9 Å². The highest BCUT2D eigenvalue weighted by molar-refractivity contribution is 5.88. The molecule has 0 saturated heterocycles. The van der Waals surface area contributed by atoms with Crippen molar-refractivity contribution in [1.29, 1.82) is 0 Å². The van der Waals surface area contributed by atoms with Crippen LogP contribution in [0.15, 0.2) is 85.2 Å². The van der Waals surface area contributed by atoms with Gasteiger partial charge in [-0.15, -0.1) is 0 Å². The molecule has 0 bridgehead atoms. The normalized spacial score (nSPS) is 11.5. The summed E-state index contributed by atoms with van der Waals surface area (Å²) in [6.07, 6.45) is 4.52. The van der Waals surface area contributed by atoms with E-state index in [1.165, 1.54) is 0 Å². The Hall–Kier alpha value is -3.47. The van der Waals surface area contributed by atoms with E-state index in [0.717, 1.165) is 23.1 Å². The second kappa shape index (κ2) is 10.9. The first-order chi connectivity index (χ1) is 14.7. The number of hydrogen-bond acceptors (Lipinski definition) is 3. The number of hydrogen-bond donors (Lipinski definition) is 1. The highest BCUT2D eigenvalue weighted by Crippen LogP contribution is 2.25. The second-order valence-corrected chi connectivity index (χ2v) is 7.14. The zero-order valence-electron chi connectivity index (χ0n) is 17.2. The van der Waals surface area contributed by atoms with E-state index >= 15 is 0 Å². The summed E-state index contributed by atoms with van der Waals surface area (Å²) < 4.78 is 0. The van der Waals surface area contributed by atoms with Gasteiger partial charge in [0.2, 0.25) is 11.8 Å². The maximum absolute atomic E-state index is 13.3. The van der Waals surface area contributed by atoms with E-state index in [1.807, 2.05) is 79.7 Å². The number of rotatable bonds is 9. The molecule has 1 aromatic heterocycles. The Bertz CT molecular complexity index is 930. The van der Waals surface area contributed by atoms with Gasteiger partial charge in [-0.05, 0) is 35.2 Å². The molecule has 0 spiro atoms. The Morgan fingerprint density at radius 2 is 1.53 bits per heavy atom. The standard InChI is InChI=1S/C25H27N3O2/c1-2-9-23(29)28(19-21-10-5-3-6-11-21)24(22-12-7-4-8-13-22)25(30)27-18-20-14-16-26-17-15-20/h3-8,10-17,24H,2,9,18-19H2,1H3,(H,27,30)/t24-/m0/s1. The molecule has 0 saturated carbocycles. The fourth-order valence-corrected chi connectivity index (χ4v) is 3.36. The van der Waals surface area contributed by atoms with Crippen LogP contribution in [-0.4, -0.2) is 21.7 Å². The summed E-state index contributed by atoms with van der Waals surface area (Å²) in [4.78, 5) is 32.1. The monoisotopic (exact) mass is 401 g/mol. The minimum Gasteiger partial charge on any atom is -0.350 e. The van der Waals surface area contributed by atoms with Crippen LogP contribution < -0.4 is 5.32 Å². The van der Waals surface area contributed by atoms with E-state index in [2.05, 4.69) is 10.3 Å². The summed E-state index contributed by atoms with van der Waals surface area (Å²) in [5, 5.41) is 3.00. The molecule has 3 aromatic rings. The van der Waals surface area contributed by atoms with Gasteiger partial charge in [-0.3, -0.25) is 14.6 Å². The highest BCUT2D eigenvalue weighted by Gasteiger charge is 2.30. The number of carbonyl (C=O) groups is 2. The lowest BCUT2D eigenvalue weighted by atomic mass is 10.0. The number of aromatic nitrogens is 1. The summed E-state index contributed by atoms with van der Waals surface area (Å²) in [7, 11) is 0. The molecule has 0 aliphatic heterocycles. The molecule has 0 aliphatic carbocycles. The van der Waals surface area contributed by atoms with Gasteiger partial charge in [0.15, 0.2) is 0 Å². The minimum atomic E-state index is -0.702. The number of nitrogens with one attached hydrogen (secondary N) is 1. The predicted octanol–water partition coefficient (Wildman–Crippen LogP) is 4.27. The predicted molar refractivity (Wildman–Crippen MR) is 117 cm³/mol. The summed E-state index contributed by atoms with van der Waals surface area (Å²) in [6.45, 7) is 2.73. The first-order valence-electron chi connectivity index (χ1n) is 10.2. The average molecular weight is 402 g/mol. The summed E-state index contributed by atoms with van der Waals surface area (Å²) in [6, 6.07) is 22.3. The molecule has 0 unspecified atom stereocenters. The van der Waals surface area contributed by atoms with E-state index in [-0.39, 0.29) is 11.8 Å². The second-order valence-electron chi connectivity index (χ2n) is 7.14. The van der Waals surface area contributed by atoms with Crippen molar-refractivity contribution in [3.63, 3.8) is 0 Å². The van der Waals surface area contributed by atoms with Crippen molar-refractivity contribution in [2.75, 3.05) is 0 Å².